The van der Waals surface area contributed by atoms with Crippen LogP contribution in [0.2, 0.25) is 0 Å². The van der Waals surface area contributed by atoms with Crippen LogP contribution in [0, 0.1) is 5.82 Å². The summed E-state index contributed by atoms with van der Waals surface area (Å²) in [5.41, 5.74) is 6.54. The number of H-pyrrole nitrogens is 1. The van der Waals surface area contributed by atoms with Crippen molar-refractivity contribution in [3.63, 3.8) is 0 Å². The molecule has 3 aromatic carbocycles. The fourth-order valence-electron chi connectivity index (χ4n) is 3.56. The average molecular weight is 458 g/mol. The second kappa shape index (κ2) is 7.84. The summed E-state index contributed by atoms with van der Waals surface area (Å²) in [4.78, 5) is 4.70. The Balaban J connectivity index is 1.43. The largest absolute Gasteiger partial charge is 0.275 e. The predicted molar refractivity (Wildman–Crippen MR) is 122 cm³/mol. The van der Waals surface area contributed by atoms with Gasteiger partial charge in [-0.3, -0.25) is 5.10 Å². The van der Waals surface area contributed by atoms with Gasteiger partial charge in [0.25, 0.3) is 0 Å². The first-order valence-electron chi connectivity index (χ1n) is 9.61. The molecule has 2 aromatic heterocycles. The fourth-order valence-corrected chi connectivity index (χ4v) is 3.80. The number of hydrogen-bond donors (Lipinski definition) is 1. The van der Waals surface area contributed by atoms with E-state index in [1.807, 2.05) is 24.3 Å². The molecule has 0 atom stereocenters. The number of hydrogen-bond acceptors (Lipinski definition) is 2. The molecule has 1 N–H and O–H groups in total. The van der Waals surface area contributed by atoms with Gasteiger partial charge < -0.3 is 0 Å². The molecule has 3 nitrogen and oxygen atoms in total. The van der Waals surface area contributed by atoms with Gasteiger partial charge in [-0.1, -0.05) is 60.7 Å². The van der Waals surface area contributed by atoms with Crippen LogP contribution in [0.15, 0.2) is 89.4 Å². The molecule has 0 aliphatic rings. The maximum Gasteiger partial charge on any atom is 0.182 e. The van der Waals surface area contributed by atoms with E-state index in [4.69, 9.17) is 4.98 Å². The van der Waals surface area contributed by atoms with Gasteiger partial charge in [0.15, 0.2) is 5.65 Å². The van der Waals surface area contributed by atoms with Crippen molar-refractivity contribution >= 4 is 27.0 Å². The number of aromatic nitrogens is 3. The number of aromatic amines is 1. The molecule has 0 saturated heterocycles. The Morgan fingerprint density at radius 2 is 1.53 bits per heavy atom. The highest BCUT2D eigenvalue weighted by atomic mass is 79.9. The van der Waals surface area contributed by atoms with Crippen molar-refractivity contribution in [3.8, 4) is 22.5 Å². The molecule has 5 heteroatoms. The van der Waals surface area contributed by atoms with Crippen molar-refractivity contribution in [2.24, 2.45) is 0 Å². The average Bonchev–Trinajstić information content (AvgIpc) is 3.20. The minimum absolute atomic E-state index is 0.310. The minimum Gasteiger partial charge on any atom is -0.275 e. The lowest BCUT2D eigenvalue weighted by molar-refractivity contribution is 0.621. The fraction of sp³-hybridized carbons (Fsp3) is 0.0400. The van der Waals surface area contributed by atoms with Crippen LogP contribution < -0.4 is 0 Å². The Bertz CT molecular complexity index is 1330. The minimum atomic E-state index is -0.310. The quantitative estimate of drug-likeness (QED) is 0.322. The lowest BCUT2D eigenvalue weighted by Crippen LogP contribution is -1.89. The number of halogens is 2. The van der Waals surface area contributed by atoms with Crippen molar-refractivity contribution in [2.75, 3.05) is 0 Å². The molecule has 30 heavy (non-hydrogen) atoms. The summed E-state index contributed by atoms with van der Waals surface area (Å²) < 4.78 is 14.4. The molecular formula is C25H17BrFN3. The van der Waals surface area contributed by atoms with Crippen LogP contribution in [0.1, 0.15) is 11.1 Å². The SMILES string of the molecule is Fc1cc(-c2[nH]nc3nc(-c4ccc(Cc5ccccc5)cc4)ccc23)ccc1Br. The number of fused-ring (bicyclic) bond motifs is 1. The van der Waals surface area contributed by atoms with Crippen LogP contribution in [-0.4, -0.2) is 15.2 Å². The van der Waals surface area contributed by atoms with E-state index in [0.29, 0.717) is 10.1 Å². The van der Waals surface area contributed by atoms with Crippen LogP contribution in [0.4, 0.5) is 4.39 Å². The lowest BCUT2D eigenvalue weighted by atomic mass is 10.0. The van der Waals surface area contributed by atoms with Gasteiger partial charge >= 0.3 is 0 Å². The van der Waals surface area contributed by atoms with Crippen molar-refractivity contribution in [3.05, 3.63) is 106 Å². The molecule has 0 fully saturated rings. The first-order valence-corrected chi connectivity index (χ1v) is 10.4. The van der Waals surface area contributed by atoms with E-state index >= 15 is 0 Å². The highest BCUT2D eigenvalue weighted by molar-refractivity contribution is 9.10. The van der Waals surface area contributed by atoms with Crippen LogP contribution in [0.3, 0.4) is 0 Å². The molecule has 0 spiro atoms. The normalized spacial score (nSPS) is 11.1. The summed E-state index contributed by atoms with van der Waals surface area (Å²) in [5.74, 6) is -0.310. The monoisotopic (exact) mass is 457 g/mol. The topological polar surface area (TPSA) is 41.6 Å². The summed E-state index contributed by atoms with van der Waals surface area (Å²) in [7, 11) is 0. The molecule has 0 amide bonds. The number of nitrogens with zero attached hydrogens (tertiary/aromatic N) is 2. The first-order chi connectivity index (χ1) is 14.7. The molecular weight excluding hydrogens is 441 g/mol. The molecule has 0 saturated carbocycles. The van der Waals surface area contributed by atoms with E-state index in [0.717, 1.165) is 34.3 Å². The highest BCUT2D eigenvalue weighted by Crippen LogP contribution is 2.30. The molecule has 0 aliphatic carbocycles. The summed E-state index contributed by atoms with van der Waals surface area (Å²) in [5, 5.41) is 8.20. The number of benzene rings is 3. The standard InChI is InChI=1S/C25H17BrFN3/c26-21-12-10-19(15-22(21)27)24-20-11-13-23(28-25(20)30-29-24)18-8-6-17(7-9-18)14-16-4-2-1-3-5-16/h1-13,15H,14H2,(H,28,29,30). The van der Waals surface area contributed by atoms with Crippen LogP contribution in [0.5, 0.6) is 0 Å². The van der Waals surface area contributed by atoms with Gasteiger partial charge in [0, 0.05) is 16.5 Å². The van der Waals surface area contributed by atoms with Crippen LogP contribution in [0.25, 0.3) is 33.5 Å². The Morgan fingerprint density at radius 3 is 2.30 bits per heavy atom. The summed E-state index contributed by atoms with van der Waals surface area (Å²) >= 11 is 3.19. The van der Waals surface area contributed by atoms with E-state index in [9.17, 15) is 4.39 Å². The van der Waals surface area contributed by atoms with Crippen molar-refractivity contribution < 1.29 is 4.39 Å². The highest BCUT2D eigenvalue weighted by Gasteiger charge is 2.12. The van der Waals surface area contributed by atoms with Gasteiger partial charge in [0.2, 0.25) is 0 Å². The Kier molecular flexibility index (Phi) is 4.89. The second-order valence-corrected chi connectivity index (χ2v) is 8.01. The van der Waals surface area contributed by atoms with E-state index in [-0.39, 0.29) is 5.82 Å². The van der Waals surface area contributed by atoms with Gasteiger partial charge in [0.05, 0.1) is 15.9 Å². The van der Waals surface area contributed by atoms with Crippen LogP contribution >= 0.6 is 15.9 Å². The molecule has 2 heterocycles. The van der Waals surface area contributed by atoms with E-state index in [1.165, 1.54) is 17.2 Å². The van der Waals surface area contributed by atoms with Gasteiger partial charge in [-0.15, -0.1) is 0 Å². The van der Waals surface area contributed by atoms with E-state index in [1.54, 1.807) is 6.07 Å². The second-order valence-electron chi connectivity index (χ2n) is 7.15. The summed E-state index contributed by atoms with van der Waals surface area (Å²) in [6, 6.07) is 27.8. The molecule has 146 valence electrons. The van der Waals surface area contributed by atoms with Gasteiger partial charge in [-0.05, 0) is 57.7 Å². The molecule has 0 radical (unpaired) electrons. The van der Waals surface area contributed by atoms with Crippen molar-refractivity contribution in [1.82, 2.24) is 15.2 Å². The van der Waals surface area contributed by atoms with Crippen molar-refractivity contribution in [1.29, 1.82) is 0 Å². The number of pyridine rings is 1. The van der Waals surface area contributed by atoms with E-state index in [2.05, 4.69) is 74.7 Å². The van der Waals surface area contributed by atoms with Gasteiger partial charge in [-0.25, -0.2) is 9.37 Å². The zero-order chi connectivity index (χ0) is 20.5. The zero-order valence-corrected chi connectivity index (χ0v) is 17.5. The summed E-state index contributed by atoms with van der Waals surface area (Å²) in [6.45, 7) is 0. The van der Waals surface area contributed by atoms with Crippen LogP contribution in [-0.2, 0) is 6.42 Å². The third kappa shape index (κ3) is 3.64. The van der Waals surface area contributed by atoms with Gasteiger partial charge in [0.1, 0.15) is 5.82 Å². The van der Waals surface area contributed by atoms with E-state index < -0.39 is 0 Å². The maximum absolute atomic E-state index is 13.9. The third-order valence-corrected chi connectivity index (χ3v) is 5.77. The molecule has 5 aromatic rings. The maximum atomic E-state index is 13.9. The first kappa shape index (κ1) is 18.7. The smallest absolute Gasteiger partial charge is 0.182 e. The number of rotatable bonds is 4. The Morgan fingerprint density at radius 1 is 0.800 bits per heavy atom. The molecule has 0 aliphatic heterocycles. The van der Waals surface area contributed by atoms with Gasteiger partial charge in [-0.2, -0.15) is 5.10 Å². The summed E-state index contributed by atoms with van der Waals surface area (Å²) in [6.07, 6.45) is 0.903. The van der Waals surface area contributed by atoms with Crippen molar-refractivity contribution in [2.45, 2.75) is 6.42 Å². The molecule has 0 unspecified atom stereocenters. The third-order valence-electron chi connectivity index (χ3n) is 5.13. The molecule has 0 bridgehead atoms. The molecule has 5 rings (SSSR count). The zero-order valence-electron chi connectivity index (χ0n) is 15.9. The Labute approximate surface area is 181 Å². The predicted octanol–water partition coefficient (Wildman–Crippen LogP) is 6.78. The Hall–Kier alpha value is -3.31. The number of nitrogens with one attached hydrogen (secondary N) is 1. The lowest BCUT2D eigenvalue weighted by Gasteiger charge is -2.05.